The summed E-state index contributed by atoms with van der Waals surface area (Å²) >= 11 is 0. The number of hydrogen-bond acceptors (Lipinski definition) is 3. The smallest absolute Gasteiger partial charge is 0.221 e. The number of carbonyl (C=O) groups is 1. The number of unbranched alkanes of at least 4 members (excludes halogenated alkanes) is 1. The zero-order valence-corrected chi connectivity index (χ0v) is 12.1. The first-order chi connectivity index (χ1) is 9.02. The third-order valence-corrected chi connectivity index (χ3v) is 3.06. The van der Waals surface area contributed by atoms with Gasteiger partial charge in [0.15, 0.2) is 0 Å². The second kappa shape index (κ2) is 7.67. The van der Waals surface area contributed by atoms with Crippen LogP contribution in [-0.4, -0.2) is 12.5 Å². The van der Waals surface area contributed by atoms with Crippen molar-refractivity contribution >= 4 is 23.0 Å². The molecule has 0 fully saturated rings. The van der Waals surface area contributed by atoms with Crippen LogP contribution < -0.4 is 16.4 Å². The summed E-state index contributed by atoms with van der Waals surface area (Å²) in [5.74, 6) is 0.544. The topological polar surface area (TPSA) is 67.1 Å². The Kier molecular flexibility index (Phi) is 6.19. The summed E-state index contributed by atoms with van der Waals surface area (Å²) in [6.07, 6.45) is 3.73. The fraction of sp³-hybridized carbons (Fsp3) is 0.533. The van der Waals surface area contributed by atoms with Crippen LogP contribution in [0.5, 0.6) is 0 Å². The zero-order chi connectivity index (χ0) is 14.3. The number of nitrogens with one attached hydrogen (secondary N) is 2. The van der Waals surface area contributed by atoms with Crippen LogP contribution in [0.25, 0.3) is 0 Å². The Morgan fingerprint density at radius 2 is 2.16 bits per heavy atom. The lowest BCUT2D eigenvalue weighted by atomic mass is 10.0. The number of rotatable bonds is 7. The van der Waals surface area contributed by atoms with Crippen LogP contribution in [0.4, 0.5) is 17.1 Å². The van der Waals surface area contributed by atoms with E-state index in [1.54, 1.807) is 6.07 Å². The molecule has 1 amide bonds. The molecular weight excluding hydrogens is 238 g/mol. The molecule has 0 saturated heterocycles. The Morgan fingerprint density at radius 1 is 1.42 bits per heavy atom. The molecule has 19 heavy (non-hydrogen) atoms. The molecule has 0 bridgehead atoms. The van der Waals surface area contributed by atoms with Crippen molar-refractivity contribution in [3.05, 3.63) is 18.2 Å². The number of carbonyl (C=O) groups excluding carboxylic acids is 1. The summed E-state index contributed by atoms with van der Waals surface area (Å²) in [4.78, 5) is 11.0. The molecule has 0 aliphatic rings. The van der Waals surface area contributed by atoms with Crippen molar-refractivity contribution < 1.29 is 4.79 Å². The summed E-state index contributed by atoms with van der Waals surface area (Å²) in [5.41, 5.74) is 8.29. The van der Waals surface area contributed by atoms with Gasteiger partial charge in [0.2, 0.25) is 5.91 Å². The Balaban J connectivity index is 2.52. The molecule has 4 nitrogen and oxygen atoms in total. The van der Waals surface area contributed by atoms with Crippen molar-refractivity contribution in [1.82, 2.24) is 0 Å². The largest absolute Gasteiger partial charge is 0.397 e. The summed E-state index contributed by atoms with van der Waals surface area (Å²) in [7, 11) is 0. The van der Waals surface area contributed by atoms with Gasteiger partial charge in [0, 0.05) is 19.2 Å². The van der Waals surface area contributed by atoms with Crippen molar-refractivity contribution in [3.8, 4) is 0 Å². The van der Waals surface area contributed by atoms with Crippen LogP contribution in [0, 0.1) is 5.92 Å². The number of amides is 1. The Morgan fingerprint density at radius 3 is 2.74 bits per heavy atom. The van der Waals surface area contributed by atoms with Gasteiger partial charge in [0.1, 0.15) is 0 Å². The number of anilines is 3. The van der Waals surface area contributed by atoms with Crippen molar-refractivity contribution in [2.24, 2.45) is 5.92 Å². The van der Waals surface area contributed by atoms with Gasteiger partial charge in [-0.2, -0.15) is 0 Å². The fourth-order valence-electron chi connectivity index (χ4n) is 1.94. The maximum atomic E-state index is 11.0. The van der Waals surface area contributed by atoms with Gasteiger partial charge in [0.25, 0.3) is 0 Å². The van der Waals surface area contributed by atoms with Crippen molar-refractivity contribution in [3.63, 3.8) is 0 Å². The Bertz CT molecular complexity index is 418. The summed E-state index contributed by atoms with van der Waals surface area (Å²) in [6, 6.07) is 5.55. The van der Waals surface area contributed by atoms with Gasteiger partial charge in [-0.1, -0.05) is 26.7 Å². The van der Waals surface area contributed by atoms with Crippen LogP contribution in [0.3, 0.4) is 0 Å². The van der Waals surface area contributed by atoms with E-state index in [0.717, 1.165) is 17.9 Å². The molecule has 1 unspecified atom stereocenters. The average molecular weight is 263 g/mol. The number of benzene rings is 1. The van der Waals surface area contributed by atoms with E-state index in [9.17, 15) is 4.79 Å². The van der Waals surface area contributed by atoms with Crippen LogP contribution >= 0.6 is 0 Å². The second-order valence-electron chi connectivity index (χ2n) is 5.11. The Hall–Kier alpha value is -1.71. The number of hydrogen-bond donors (Lipinski definition) is 3. The number of nitrogen functional groups attached to an aromatic ring is 1. The van der Waals surface area contributed by atoms with Crippen molar-refractivity contribution in [2.45, 2.75) is 40.0 Å². The van der Waals surface area contributed by atoms with Crippen LogP contribution in [-0.2, 0) is 4.79 Å². The maximum absolute atomic E-state index is 11.0. The molecule has 0 aromatic heterocycles. The van der Waals surface area contributed by atoms with Crippen LogP contribution in [0.15, 0.2) is 18.2 Å². The first-order valence-electron chi connectivity index (χ1n) is 6.94. The van der Waals surface area contributed by atoms with Crippen LogP contribution in [0.2, 0.25) is 0 Å². The van der Waals surface area contributed by atoms with Gasteiger partial charge in [0.05, 0.1) is 11.4 Å². The quantitative estimate of drug-likeness (QED) is 0.660. The summed E-state index contributed by atoms with van der Waals surface area (Å²) in [6.45, 7) is 6.85. The minimum Gasteiger partial charge on any atom is -0.397 e. The average Bonchev–Trinajstić information content (AvgIpc) is 2.34. The molecule has 1 rings (SSSR count). The van der Waals surface area contributed by atoms with Crippen LogP contribution in [0.1, 0.15) is 40.0 Å². The zero-order valence-electron chi connectivity index (χ0n) is 12.1. The minimum atomic E-state index is -0.0895. The maximum Gasteiger partial charge on any atom is 0.221 e. The van der Waals surface area contributed by atoms with Crippen molar-refractivity contribution in [1.29, 1.82) is 0 Å². The molecule has 0 aliphatic heterocycles. The molecule has 1 aromatic carbocycles. The number of nitrogens with two attached hydrogens (primary N) is 1. The van der Waals surface area contributed by atoms with Gasteiger partial charge in [-0.25, -0.2) is 0 Å². The highest BCUT2D eigenvalue weighted by Crippen LogP contribution is 2.23. The van der Waals surface area contributed by atoms with Gasteiger partial charge < -0.3 is 16.4 Å². The van der Waals surface area contributed by atoms with E-state index < -0.39 is 0 Å². The molecule has 1 atom stereocenters. The minimum absolute atomic E-state index is 0.0895. The van der Waals surface area contributed by atoms with Gasteiger partial charge >= 0.3 is 0 Å². The first-order valence-corrected chi connectivity index (χ1v) is 6.94. The Labute approximate surface area is 115 Å². The lowest BCUT2D eigenvalue weighted by molar-refractivity contribution is -0.114. The molecule has 0 radical (unpaired) electrons. The molecule has 4 heteroatoms. The van der Waals surface area contributed by atoms with Gasteiger partial charge in [-0.15, -0.1) is 0 Å². The molecule has 0 heterocycles. The van der Waals surface area contributed by atoms with E-state index in [2.05, 4.69) is 24.5 Å². The molecule has 4 N–H and O–H groups in total. The normalized spacial score (nSPS) is 11.9. The van der Waals surface area contributed by atoms with Gasteiger partial charge in [-0.05, 0) is 30.5 Å². The molecular formula is C15H25N3O. The molecule has 0 spiro atoms. The molecule has 106 valence electrons. The molecule has 1 aromatic rings. The molecule has 0 aliphatic carbocycles. The predicted molar refractivity (Wildman–Crippen MR) is 82.3 cm³/mol. The summed E-state index contributed by atoms with van der Waals surface area (Å²) in [5, 5.41) is 6.08. The highest BCUT2D eigenvalue weighted by Gasteiger charge is 2.05. The first kappa shape index (κ1) is 15.3. The lowest BCUT2D eigenvalue weighted by Gasteiger charge is -2.15. The highest BCUT2D eigenvalue weighted by molar-refractivity contribution is 5.90. The van der Waals surface area contributed by atoms with E-state index in [-0.39, 0.29) is 5.91 Å². The van der Waals surface area contributed by atoms with E-state index in [1.165, 1.54) is 26.2 Å². The SMILES string of the molecule is CCCCC(C)CNc1ccc(NC(C)=O)cc1N. The summed E-state index contributed by atoms with van der Waals surface area (Å²) < 4.78 is 0. The van der Waals surface area contributed by atoms with E-state index in [4.69, 9.17) is 5.73 Å². The monoisotopic (exact) mass is 263 g/mol. The fourth-order valence-corrected chi connectivity index (χ4v) is 1.94. The lowest BCUT2D eigenvalue weighted by Crippen LogP contribution is -2.13. The van der Waals surface area contributed by atoms with E-state index in [1.807, 2.05) is 12.1 Å². The highest BCUT2D eigenvalue weighted by atomic mass is 16.1. The standard InChI is InChI=1S/C15H25N3O/c1-4-5-6-11(2)10-17-15-8-7-13(9-14(15)16)18-12(3)19/h7-9,11,17H,4-6,10,16H2,1-3H3,(H,18,19). The van der Waals surface area contributed by atoms with E-state index in [0.29, 0.717) is 11.6 Å². The third-order valence-electron chi connectivity index (χ3n) is 3.06. The van der Waals surface area contributed by atoms with E-state index >= 15 is 0 Å². The third kappa shape index (κ3) is 5.64. The van der Waals surface area contributed by atoms with Crippen molar-refractivity contribution in [2.75, 3.05) is 22.9 Å². The second-order valence-corrected chi connectivity index (χ2v) is 5.11. The van der Waals surface area contributed by atoms with Gasteiger partial charge in [-0.3, -0.25) is 4.79 Å². The molecule has 0 saturated carbocycles. The predicted octanol–water partition coefficient (Wildman–Crippen LogP) is 3.47.